The minimum atomic E-state index is -0.0947. The Balaban J connectivity index is 0.000000280. The zero-order valence-electron chi connectivity index (χ0n) is 22.8. The second kappa shape index (κ2) is 14.9. The second-order valence-electron chi connectivity index (χ2n) is 9.32. The van der Waals surface area contributed by atoms with Gasteiger partial charge in [0.05, 0.1) is 17.8 Å². The van der Waals surface area contributed by atoms with Crippen LogP contribution < -0.4 is 9.88 Å². The van der Waals surface area contributed by atoms with E-state index in [-0.39, 0.29) is 12.2 Å². The average molecular weight is 538 g/mol. The topological polar surface area (TPSA) is 121 Å². The molecule has 2 aromatic carbocycles. The van der Waals surface area contributed by atoms with Crippen molar-refractivity contribution in [3.05, 3.63) is 53.1 Å². The quantitative estimate of drug-likeness (QED) is 0.390. The van der Waals surface area contributed by atoms with Gasteiger partial charge in [-0.3, -0.25) is 10.0 Å². The van der Waals surface area contributed by atoms with E-state index in [1.807, 2.05) is 45.9 Å². The first-order valence-corrected chi connectivity index (χ1v) is 14.4. The fourth-order valence-electron chi connectivity index (χ4n) is 4.58. The molecule has 3 aromatic rings. The van der Waals surface area contributed by atoms with Gasteiger partial charge in [-0.15, -0.1) is 0 Å². The Kier molecular flexibility index (Phi) is 11.6. The number of rotatable bonds is 7. The number of hydrogen-bond donors (Lipinski definition) is 2. The van der Waals surface area contributed by atoms with Crippen molar-refractivity contribution in [2.75, 3.05) is 25.4 Å². The molecule has 0 spiro atoms. The van der Waals surface area contributed by atoms with Gasteiger partial charge in [0.1, 0.15) is 11.8 Å². The van der Waals surface area contributed by atoms with Gasteiger partial charge >= 0.3 is 0 Å². The third kappa shape index (κ3) is 7.81. The zero-order chi connectivity index (χ0) is 27.5. The van der Waals surface area contributed by atoms with Crippen LogP contribution >= 0.6 is 11.9 Å². The SMILES string of the molecule is CC.CC(C)Oc1ccc(-c2nc(-c3cccc4c3CCC4)no2)cc1C#N.NSCCN1CCC(O)C1. The van der Waals surface area contributed by atoms with Crippen molar-refractivity contribution in [1.82, 2.24) is 15.0 Å². The number of nitriles is 1. The number of hydrogen-bond acceptors (Lipinski definition) is 9. The number of nitrogens with zero attached hydrogens (tertiary/aromatic N) is 4. The summed E-state index contributed by atoms with van der Waals surface area (Å²) in [6, 6.07) is 13.8. The van der Waals surface area contributed by atoms with Crippen LogP contribution in [0, 0.1) is 11.3 Å². The first-order chi connectivity index (χ1) is 18.5. The molecule has 0 bridgehead atoms. The van der Waals surface area contributed by atoms with E-state index < -0.39 is 0 Å². The normalized spacial score (nSPS) is 16.2. The van der Waals surface area contributed by atoms with E-state index in [1.54, 1.807) is 12.1 Å². The highest BCUT2D eigenvalue weighted by Crippen LogP contribution is 2.33. The minimum Gasteiger partial charge on any atom is -0.490 e. The van der Waals surface area contributed by atoms with Crippen LogP contribution in [0.4, 0.5) is 0 Å². The molecule has 2 aliphatic rings. The lowest BCUT2D eigenvalue weighted by atomic mass is 10.0. The number of aliphatic hydroxyl groups excluding tert-OH is 1. The van der Waals surface area contributed by atoms with E-state index in [0.29, 0.717) is 28.6 Å². The maximum atomic E-state index is 9.40. The molecule has 0 saturated carbocycles. The summed E-state index contributed by atoms with van der Waals surface area (Å²) in [5, 5.41) is 27.9. The first-order valence-electron chi connectivity index (χ1n) is 13.4. The average Bonchev–Trinajstić information content (AvgIpc) is 3.70. The number of nitrogens with two attached hydrogens (primary N) is 1. The lowest BCUT2D eigenvalue weighted by Gasteiger charge is -2.12. The maximum absolute atomic E-state index is 9.40. The van der Waals surface area contributed by atoms with Crippen molar-refractivity contribution in [3.8, 4) is 34.7 Å². The molecular weight excluding hydrogens is 498 g/mol. The van der Waals surface area contributed by atoms with E-state index in [4.69, 9.17) is 19.5 Å². The molecule has 1 aliphatic heterocycles. The number of aliphatic hydroxyl groups is 1. The summed E-state index contributed by atoms with van der Waals surface area (Å²) < 4.78 is 11.1. The second-order valence-corrected chi connectivity index (χ2v) is 10.1. The number of ether oxygens (including phenoxy) is 1. The van der Waals surface area contributed by atoms with Crippen LogP contribution in [0.25, 0.3) is 22.8 Å². The van der Waals surface area contributed by atoms with Gasteiger partial charge in [-0.1, -0.05) is 49.2 Å². The van der Waals surface area contributed by atoms with Gasteiger partial charge in [0, 0.05) is 36.5 Å². The molecule has 5 rings (SSSR count). The molecule has 1 fully saturated rings. The number of β-amino-alcohol motifs (C(OH)–C–C–N with tert-alkyl or cyclic N) is 1. The molecule has 0 radical (unpaired) electrons. The van der Waals surface area contributed by atoms with Crippen molar-refractivity contribution >= 4 is 11.9 Å². The van der Waals surface area contributed by atoms with Crippen molar-refractivity contribution in [2.24, 2.45) is 5.14 Å². The molecule has 2 heterocycles. The van der Waals surface area contributed by atoms with Crippen LogP contribution in [0.1, 0.15) is 57.2 Å². The van der Waals surface area contributed by atoms with Crippen LogP contribution in [0.5, 0.6) is 5.75 Å². The largest absolute Gasteiger partial charge is 0.490 e. The third-order valence-electron chi connectivity index (χ3n) is 6.30. The van der Waals surface area contributed by atoms with Crippen molar-refractivity contribution in [2.45, 2.75) is 65.6 Å². The molecule has 3 N–H and O–H groups in total. The predicted octanol–water partition coefficient (Wildman–Crippen LogP) is 5.24. The van der Waals surface area contributed by atoms with E-state index in [0.717, 1.165) is 50.2 Å². The van der Waals surface area contributed by atoms with Gasteiger partial charge in [0.2, 0.25) is 5.82 Å². The Labute approximate surface area is 230 Å². The van der Waals surface area contributed by atoms with Crippen LogP contribution in [0.2, 0.25) is 0 Å². The van der Waals surface area contributed by atoms with Gasteiger partial charge in [0.15, 0.2) is 0 Å². The number of likely N-dealkylation sites (tertiary alicyclic amines) is 1. The maximum Gasteiger partial charge on any atom is 0.258 e. The van der Waals surface area contributed by atoms with Crippen LogP contribution in [-0.4, -0.2) is 57.7 Å². The Hall–Kier alpha value is -2.90. The summed E-state index contributed by atoms with van der Waals surface area (Å²) in [5.74, 6) is 2.53. The van der Waals surface area contributed by atoms with E-state index >= 15 is 0 Å². The highest BCUT2D eigenvalue weighted by molar-refractivity contribution is 7.97. The predicted molar refractivity (Wildman–Crippen MR) is 153 cm³/mol. The summed E-state index contributed by atoms with van der Waals surface area (Å²) in [4.78, 5) is 6.81. The van der Waals surface area contributed by atoms with Gasteiger partial charge < -0.3 is 14.4 Å². The van der Waals surface area contributed by atoms with Crippen molar-refractivity contribution < 1.29 is 14.4 Å². The lowest BCUT2D eigenvalue weighted by molar-refractivity contribution is 0.178. The summed E-state index contributed by atoms with van der Waals surface area (Å²) in [5.41, 5.74) is 4.89. The number of aromatic nitrogens is 2. The molecule has 1 atom stereocenters. The molecule has 1 aromatic heterocycles. The molecule has 0 amide bonds. The molecule has 204 valence electrons. The minimum absolute atomic E-state index is 0.00290. The highest BCUT2D eigenvalue weighted by atomic mass is 32.2. The van der Waals surface area contributed by atoms with Crippen molar-refractivity contribution in [1.29, 1.82) is 5.26 Å². The fourth-order valence-corrected chi connectivity index (χ4v) is 4.95. The van der Waals surface area contributed by atoms with E-state index in [1.165, 1.54) is 29.5 Å². The zero-order valence-corrected chi connectivity index (χ0v) is 23.6. The number of fused-ring (bicyclic) bond motifs is 1. The summed E-state index contributed by atoms with van der Waals surface area (Å²) in [7, 11) is 0. The monoisotopic (exact) mass is 537 g/mol. The first kappa shape index (κ1) is 29.7. The standard InChI is InChI=1S/C21H19N3O2.C6H14N2OS.C2H6/c1-13(2)25-19-10-9-15(11-16(19)12-22)21-23-20(24-26-21)18-8-4-6-14-5-3-7-17(14)18;7-10-4-3-8-2-1-6(9)5-8;1-2/h4,6,8-11,13H,3,5,7H2,1-2H3;6,9H,1-5,7H2;1-2H3. The summed E-state index contributed by atoms with van der Waals surface area (Å²) >= 11 is 1.37. The van der Waals surface area contributed by atoms with Crippen LogP contribution in [-0.2, 0) is 12.8 Å². The Morgan fingerprint density at radius 3 is 2.76 bits per heavy atom. The van der Waals surface area contributed by atoms with Gasteiger partial charge in [-0.25, -0.2) is 0 Å². The third-order valence-corrected chi connectivity index (χ3v) is 6.71. The Morgan fingerprint density at radius 2 is 2.08 bits per heavy atom. The Morgan fingerprint density at radius 1 is 1.26 bits per heavy atom. The molecule has 1 saturated heterocycles. The molecule has 1 aliphatic carbocycles. The molecule has 1 unspecified atom stereocenters. The summed E-state index contributed by atoms with van der Waals surface area (Å²) in [6.45, 7) is 10.7. The highest BCUT2D eigenvalue weighted by Gasteiger charge is 2.20. The smallest absolute Gasteiger partial charge is 0.258 e. The van der Waals surface area contributed by atoms with Gasteiger partial charge in [0.25, 0.3) is 5.89 Å². The van der Waals surface area contributed by atoms with E-state index in [2.05, 4.69) is 27.2 Å². The lowest BCUT2D eigenvalue weighted by Crippen LogP contribution is -2.24. The number of aryl methyl sites for hydroxylation is 1. The molecule has 9 heteroatoms. The fraction of sp³-hybridized carbons (Fsp3) is 0.483. The molecular formula is C29H39N5O3S. The van der Waals surface area contributed by atoms with Gasteiger partial charge in [-0.2, -0.15) is 10.2 Å². The molecule has 38 heavy (non-hydrogen) atoms. The van der Waals surface area contributed by atoms with Crippen LogP contribution in [0.3, 0.4) is 0 Å². The summed E-state index contributed by atoms with van der Waals surface area (Å²) in [6.07, 6.45) is 4.16. The van der Waals surface area contributed by atoms with Gasteiger partial charge in [-0.05, 0) is 68.9 Å². The van der Waals surface area contributed by atoms with Crippen molar-refractivity contribution in [3.63, 3.8) is 0 Å². The Bertz CT molecular complexity index is 1210. The van der Waals surface area contributed by atoms with E-state index in [9.17, 15) is 5.26 Å². The van der Waals surface area contributed by atoms with Crippen LogP contribution in [0.15, 0.2) is 40.9 Å². The molecule has 8 nitrogen and oxygen atoms in total. The number of benzene rings is 2.